The van der Waals surface area contributed by atoms with Gasteiger partial charge in [-0.2, -0.15) is 0 Å². The molecule has 70 valence electrons. The molecule has 0 radical (unpaired) electrons. The van der Waals surface area contributed by atoms with Gasteiger partial charge in [-0.15, -0.1) is 0 Å². The number of carboxylic acid groups (broad SMARTS) is 2. The van der Waals surface area contributed by atoms with Crippen LogP contribution in [-0.2, 0) is 9.59 Å². The van der Waals surface area contributed by atoms with Crippen LogP contribution in [0.15, 0.2) is 0 Å². The Balaban J connectivity index is -0.000000605. The van der Waals surface area contributed by atoms with Crippen LogP contribution in [0.4, 0.5) is 0 Å². The first-order valence-electron chi connectivity index (χ1n) is 3.29. The summed E-state index contributed by atoms with van der Waals surface area (Å²) in [4.78, 5) is 21.0. The van der Waals surface area contributed by atoms with Crippen LogP contribution in [0.25, 0.3) is 0 Å². The number of carboxylic acids is 2. The van der Waals surface area contributed by atoms with E-state index in [1.165, 1.54) is 0 Å². The molecule has 0 amide bonds. The normalized spacial score (nSPS) is 8.71. The van der Waals surface area contributed by atoms with Crippen LogP contribution in [0, 0.1) is 0 Å². The number of aliphatic carboxylic acids is 2. The van der Waals surface area contributed by atoms with Gasteiger partial charge in [0.2, 0.25) is 0 Å². The van der Waals surface area contributed by atoms with E-state index in [1.807, 2.05) is 0 Å². The maximum Gasteiger partial charge on any atom is 1.00 e. The van der Waals surface area contributed by atoms with Crippen LogP contribution < -0.4 is 113 Å². The minimum absolute atomic E-state index is 0. The second kappa shape index (κ2) is 13.2. The number of aliphatic hydroxyl groups excluding tert-OH is 1. The quantitative estimate of drug-likeness (QED) is 0.471. The van der Waals surface area contributed by atoms with Gasteiger partial charge in [0.25, 0.3) is 0 Å². The van der Waals surface area contributed by atoms with Gasteiger partial charge >= 0.3 is 103 Å². The monoisotopic (exact) mass is 253 g/mol. The molecular formula is C6H9K2NO5. The van der Waals surface area contributed by atoms with Crippen LogP contribution in [-0.4, -0.2) is 48.2 Å². The Morgan fingerprint density at radius 2 is 1.43 bits per heavy atom. The summed E-state index contributed by atoms with van der Waals surface area (Å²) in [5, 5.41) is 28.4. The third kappa shape index (κ3) is 14.1. The summed E-state index contributed by atoms with van der Waals surface area (Å²) in [6.45, 7) is -1.37. The molecule has 0 unspecified atom stereocenters. The SMILES string of the molecule is O=C([O-])CN(CCO)CC(=O)[O-].[K+].[K+]. The molecule has 0 heterocycles. The van der Waals surface area contributed by atoms with Crippen molar-refractivity contribution in [2.75, 3.05) is 26.2 Å². The Morgan fingerprint density at radius 3 is 1.64 bits per heavy atom. The minimum Gasteiger partial charge on any atom is -0.549 e. The average molecular weight is 253 g/mol. The third-order valence-electron chi connectivity index (χ3n) is 1.12. The number of aliphatic hydroxyl groups is 1. The molecule has 0 aliphatic rings. The Kier molecular flexibility index (Phi) is 20.2. The minimum atomic E-state index is -1.38. The van der Waals surface area contributed by atoms with Gasteiger partial charge in [0.05, 0.1) is 18.5 Å². The van der Waals surface area contributed by atoms with Gasteiger partial charge in [-0.1, -0.05) is 0 Å². The second-order valence-corrected chi connectivity index (χ2v) is 2.18. The molecule has 0 spiro atoms. The fourth-order valence-corrected chi connectivity index (χ4v) is 0.721. The number of carbonyl (C=O) groups is 2. The van der Waals surface area contributed by atoms with Crippen molar-refractivity contribution in [3.8, 4) is 0 Å². The van der Waals surface area contributed by atoms with Gasteiger partial charge < -0.3 is 24.9 Å². The zero-order chi connectivity index (χ0) is 9.56. The largest absolute Gasteiger partial charge is 1.00 e. The van der Waals surface area contributed by atoms with E-state index in [2.05, 4.69) is 0 Å². The number of carbonyl (C=O) groups excluding carboxylic acids is 2. The van der Waals surface area contributed by atoms with Gasteiger partial charge in [0.15, 0.2) is 0 Å². The van der Waals surface area contributed by atoms with E-state index in [1.54, 1.807) is 0 Å². The molecule has 0 bridgehead atoms. The van der Waals surface area contributed by atoms with E-state index < -0.39 is 25.0 Å². The van der Waals surface area contributed by atoms with E-state index in [0.29, 0.717) is 0 Å². The summed E-state index contributed by atoms with van der Waals surface area (Å²) in [6.07, 6.45) is 0. The second-order valence-electron chi connectivity index (χ2n) is 2.18. The fraction of sp³-hybridized carbons (Fsp3) is 0.667. The first-order valence-corrected chi connectivity index (χ1v) is 3.29. The molecule has 0 aliphatic heterocycles. The van der Waals surface area contributed by atoms with Crippen molar-refractivity contribution in [2.24, 2.45) is 0 Å². The summed E-state index contributed by atoms with van der Waals surface area (Å²) >= 11 is 0. The van der Waals surface area contributed by atoms with Crippen molar-refractivity contribution in [2.45, 2.75) is 0 Å². The predicted molar refractivity (Wildman–Crippen MR) is 33.5 cm³/mol. The van der Waals surface area contributed by atoms with Gasteiger partial charge in [-0.3, -0.25) is 4.90 Å². The third-order valence-corrected chi connectivity index (χ3v) is 1.12. The van der Waals surface area contributed by atoms with Crippen molar-refractivity contribution >= 4 is 11.9 Å². The van der Waals surface area contributed by atoms with E-state index >= 15 is 0 Å². The molecule has 0 aromatic heterocycles. The summed E-state index contributed by atoms with van der Waals surface area (Å²) < 4.78 is 0. The first-order chi connectivity index (χ1) is 5.56. The maximum absolute atomic E-state index is 10.0. The molecule has 0 rings (SSSR count). The van der Waals surface area contributed by atoms with Crippen molar-refractivity contribution in [3.63, 3.8) is 0 Å². The van der Waals surface area contributed by atoms with Crippen molar-refractivity contribution < 1.29 is 128 Å². The van der Waals surface area contributed by atoms with Crippen molar-refractivity contribution in [1.29, 1.82) is 0 Å². The molecular weight excluding hydrogens is 244 g/mol. The molecule has 0 fully saturated rings. The Bertz CT molecular complexity index is 162. The first kappa shape index (κ1) is 21.4. The predicted octanol–water partition coefficient (Wildman–Crippen LogP) is -10.2. The van der Waals surface area contributed by atoms with Crippen LogP contribution in [0.3, 0.4) is 0 Å². The molecule has 0 aromatic carbocycles. The van der Waals surface area contributed by atoms with Crippen LogP contribution in [0.2, 0.25) is 0 Å². The van der Waals surface area contributed by atoms with Gasteiger partial charge in [-0.05, 0) is 0 Å². The molecule has 0 saturated carbocycles. The standard InChI is InChI=1S/C6H11NO5.2K/c8-2-1-7(3-5(9)10)4-6(11)12;;/h8H,1-4H2,(H,9,10)(H,11,12);;/q;2*+1/p-2. The average Bonchev–Trinajstić information content (AvgIpc) is 1.84. The van der Waals surface area contributed by atoms with Gasteiger partial charge in [-0.25, -0.2) is 0 Å². The molecule has 0 aromatic rings. The summed E-state index contributed by atoms with van der Waals surface area (Å²) in [5.41, 5.74) is 0. The van der Waals surface area contributed by atoms with Crippen molar-refractivity contribution in [3.05, 3.63) is 0 Å². The Morgan fingerprint density at radius 1 is 1.07 bits per heavy atom. The Hall–Kier alpha value is 2.13. The zero-order valence-electron chi connectivity index (χ0n) is 8.36. The summed E-state index contributed by atoms with van der Waals surface area (Å²) in [6, 6.07) is 0. The Labute approximate surface area is 167 Å². The van der Waals surface area contributed by atoms with E-state index in [0.717, 1.165) is 4.90 Å². The number of hydrogen-bond acceptors (Lipinski definition) is 6. The van der Waals surface area contributed by atoms with Gasteiger partial charge in [0.1, 0.15) is 0 Å². The van der Waals surface area contributed by atoms with E-state index in [9.17, 15) is 19.8 Å². The smallest absolute Gasteiger partial charge is 0.549 e. The summed E-state index contributed by atoms with van der Waals surface area (Å²) in [5.74, 6) is -2.77. The molecule has 8 heteroatoms. The molecule has 0 atom stereocenters. The maximum atomic E-state index is 10.0. The number of rotatable bonds is 6. The van der Waals surface area contributed by atoms with E-state index in [-0.39, 0.29) is 116 Å². The topological polar surface area (TPSA) is 104 Å². The van der Waals surface area contributed by atoms with Crippen LogP contribution in [0.1, 0.15) is 0 Å². The zero-order valence-corrected chi connectivity index (χ0v) is 14.6. The van der Waals surface area contributed by atoms with E-state index in [4.69, 9.17) is 5.11 Å². The molecule has 0 saturated heterocycles. The van der Waals surface area contributed by atoms with Crippen LogP contribution >= 0.6 is 0 Å². The number of hydrogen-bond donors (Lipinski definition) is 1. The van der Waals surface area contributed by atoms with Crippen LogP contribution in [0.5, 0.6) is 0 Å². The summed E-state index contributed by atoms with van der Waals surface area (Å²) in [7, 11) is 0. The molecule has 1 N–H and O–H groups in total. The number of nitrogens with zero attached hydrogens (tertiary/aromatic N) is 1. The molecule has 0 aliphatic carbocycles. The van der Waals surface area contributed by atoms with Crippen molar-refractivity contribution in [1.82, 2.24) is 4.90 Å². The molecule has 6 nitrogen and oxygen atoms in total. The van der Waals surface area contributed by atoms with Gasteiger partial charge in [0, 0.05) is 19.6 Å². The molecule has 14 heavy (non-hydrogen) atoms. The fourth-order valence-electron chi connectivity index (χ4n) is 0.721.